The highest BCUT2D eigenvalue weighted by Crippen LogP contribution is 2.33. The molecule has 0 fully saturated rings. The molecule has 0 radical (unpaired) electrons. The van der Waals surface area contributed by atoms with Gasteiger partial charge in [0.1, 0.15) is 0 Å². The fourth-order valence-electron chi connectivity index (χ4n) is 1.14. The second-order valence-corrected chi connectivity index (χ2v) is 4.13. The summed E-state index contributed by atoms with van der Waals surface area (Å²) in [5.74, 6) is 0. The number of nitrogens with two attached hydrogens (primary N) is 1. The molecule has 0 amide bonds. The number of aliphatic hydroxyl groups excluding tert-OH is 1. The number of hydrogen-bond acceptors (Lipinski definition) is 2. The number of rotatable bonds is 3. The van der Waals surface area contributed by atoms with Crippen molar-refractivity contribution in [3.63, 3.8) is 0 Å². The first kappa shape index (κ1) is 15.3. The predicted molar refractivity (Wildman–Crippen MR) is 67.4 cm³/mol. The normalized spacial score (nSPS) is 12.1. The Kier molecular flexibility index (Phi) is 6.93. The Labute approximate surface area is 110 Å². The summed E-state index contributed by atoms with van der Waals surface area (Å²) in [5.41, 5.74) is 6.45. The molecule has 2 nitrogen and oxygen atoms in total. The van der Waals surface area contributed by atoms with Gasteiger partial charge in [0.15, 0.2) is 0 Å². The lowest BCUT2D eigenvalue weighted by Crippen LogP contribution is -2.12. The summed E-state index contributed by atoms with van der Waals surface area (Å²) in [7, 11) is 0. The molecule has 0 heterocycles. The third-order valence-corrected chi connectivity index (χ3v) is 2.90. The van der Waals surface area contributed by atoms with Crippen LogP contribution >= 0.6 is 47.2 Å². The quantitative estimate of drug-likeness (QED) is 0.838. The lowest BCUT2D eigenvalue weighted by Gasteiger charge is -2.13. The van der Waals surface area contributed by atoms with Gasteiger partial charge in [-0.2, -0.15) is 0 Å². The molecule has 1 aromatic rings. The van der Waals surface area contributed by atoms with Crippen molar-refractivity contribution in [1.82, 2.24) is 0 Å². The molecule has 15 heavy (non-hydrogen) atoms. The topological polar surface area (TPSA) is 46.2 Å². The number of benzene rings is 1. The van der Waals surface area contributed by atoms with Crippen LogP contribution in [0.3, 0.4) is 0 Å². The molecule has 1 unspecified atom stereocenters. The van der Waals surface area contributed by atoms with Crippen LogP contribution in [0.15, 0.2) is 12.1 Å². The van der Waals surface area contributed by atoms with E-state index in [4.69, 9.17) is 45.6 Å². The van der Waals surface area contributed by atoms with E-state index in [0.29, 0.717) is 27.1 Å². The molecule has 0 aliphatic carbocycles. The van der Waals surface area contributed by atoms with Gasteiger partial charge in [-0.25, -0.2) is 0 Å². The van der Waals surface area contributed by atoms with Gasteiger partial charge in [-0.3, -0.25) is 0 Å². The standard InChI is InChI=1S/C9H10Cl3NO.ClH/c10-5-3-6(8(13)1-2-14)9(12)7(11)4-5;/h3-4,8,14H,1-2,13H2;1H. The summed E-state index contributed by atoms with van der Waals surface area (Å²) in [6.07, 6.45) is 0.427. The summed E-state index contributed by atoms with van der Waals surface area (Å²) in [6, 6.07) is 2.88. The molecule has 1 rings (SSSR count). The molecule has 0 bridgehead atoms. The number of hydrogen-bond donors (Lipinski definition) is 2. The molecule has 0 aromatic heterocycles. The minimum atomic E-state index is -0.344. The lowest BCUT2D eigenvalue weighted by atomic mass is 10.1. The Bertz CT molecular complexity index is 332. The van der Waals surface area contributed by atoms with Gasteiger partial charge in [-0.1, -0.05) is 34.8 Å². The SMILES string of the molecule is Cl.NC(CCO)c1cc(Cl)cc(Cl)c1Cl. The first-order valence-electron chi connectivity index (χ1n) is 4.07. The molecule has 0 spiro atoms. The highest BCUT2D eigenvalue weighted by atomic mass is 35.5. The van der Waals surface area contributed by atoms with E-state index < -0.39 is 0 Å². The fraction of sp³-hybridized carbons (Fsp3) is 0.333. The Morgan fingerprint density at radius 2 is 1.87 bits per heavy atom. The highest BCUT2D eigenvalue weighted by Gasteiger charge is 2.13. The smallest absolute Gasteiger partial charge is 0.0641 e. The van der Waals surface area contributed by atoms with Gasteiger partial charge in [0, 0.05) is 17.7 Å². The monoisotopic (exact) mass is 289 g/mol. The molecule has 3 N–H and O–H groups in total. The summed E-state index contributed by atoms with van der Waals surface area (Å²) in [6.45, 7) is 0.00162. The summed E-state index contributed by atoms with van der Waals surface area (Å²) in [5, 5.41) is 10.0. The predicted octanol–water partition coefficient (Wildman–Crippen LogP) is 3.45. The van der Waals surface area contributed by atoms with E-state index in [1.807, 2.05) is 0 Å². The van der Waals surface area contributed by atoms with Crippen LogP contribution in [0.5, 0.6) is 0 Å². The van der Waals surface area contributed by atoms with Gasteiger partial charge in [0.05, 0.1) is 10.0 Å². The van der Waals surface area contributed by atoms with Crippen molar-refractivity contribution in [3.8, 4) is 0 Å². The van der Waals surface area contributed by atoms with E-state index in [0.717, 1.165) is 0 Å². The van der Waals surface area contributed by atoms with Gasteiger partial charge in [-0.05, 0) is 24.1 Å². The van der Waals surface area contributed by atoms with Crippen LogP contribution in [-0.2, 0) is 0 Å². The van der Waals surface area contributed by atoms with E-state index in [1.54, 1.807) is 12.1 Å². The maximum absolute atomic E-state index is 8.74. The molecule has 0 saturated heterocycles. The molecule has 1 aromatic carbocycles. The van der Waals surface area contributed by atoms with Crippen molar-refractivity contribution in [3.05, 3.63) is 32.8 Å². The van der Waals surface area contributed by atoms with Gasteiger partial charge in [-0.15, -0.1) is 12.4 Å². The number of aliphatic hydroxyl groups is 1. The van der Waals surface area contributed by atoms with Crippen molar-refractivity contribution in [1.29, 1.82) is 0 Å². The van der Waals surface area contributed by atoms with E-state index in [1.165, 1.54) is 0 Å². The van der Waals surface area contributed by atoms with E-state index in [-0.39, 0.29) is 25.1 Å². The molecular weight excluding hydrogens is 280 g/mol. The Morgan fingerprint density at radius 1 is 1.27 bits per heavy atom. The summed E-state index contributed by atoms with van der Waals surface area (Å²) >= 11 is 17.6. The fourth-order valence-corrected chi connectivity index (χ4v) is 1.90. The van der Waals surface area contributed by atoms with Crippen LogP contribution < -0.4 is 5.73 Å². The lowest BCUT2D eigenvalue weighted by molar-refractivity contribution is 0.276. The van der Waals surface area contributed by atoms with Gasteiger partial charge < -0.3 is 10.8 Å². The first-order chi connectivity index (χ1) is 6.56. The molecule has 6 heteroatoms. The van der Waals surface area contributed by atoms with E-state index in [2.05, 4.69) is 0 Å². The zero-order chi connectivity index (χ0) is 10.7. The van der Waals surface area contributed by atoms with Gasteiger partial charge in [0.2, 0.25) is 0 Å². The highest BCUT2D eigenvalue weighted by molar-refractivity contribution is 6.43. The molecule has 0 saturated carbocycles. The minimum Gasteiger partial charge on any atom is -0.396 e. The number of halogens is 4. The van der Waals surface area contributed by atoms with Crippen molar-refractivity contribution in [2.45, 2.75) is 12.5 Å². The van der Waals surface area contributed by atoms with Crippen LogP contribution in [0.1, 0.15) is 18.0 Å². The van der Waals surface area contributed by atoms with Crippen molar-refractivity contribution < 1.29 is 5.11 Å². The van der Waals surface area contributed by atoms with Crippen molar-refractivity contribution >= 4 is 47.2 Å². The Balaban J connectivity index is 0.00000196. The maximum Gasteiger partial charge on any atom is 0.0641 e. The van der Waals surface area contributed by atoms with Gasteiger partial charge >= 0.3 is 0 Å². The molecule has 1 atom stereocenters. The Hall–Kier alpha value is 0.300. The second kappa shape index (κ2) is 6.79. The molecule has 86 valence electrons. The third-order valence-electron chi connectivity index (χ3n) is 1.86. The summed E-state index contributed by atoms with van der Waals surface area (Å²) < 4.78 is 0. The van der Waals surface area contributed by atoms with E-state index >= 15 is 0 Å². The van der Waals surface area contributed by atoms with Crippen LogP contribution in [0.2, 0.25) is 15.1 Å². The summed E-state index contributed by atoms with van der Waals surface area (Å²) in [4.78, 5) is 0. The zero-order valence-corrected chi connectivity index (χ0v) is 10.8. The first-order valence-corrected chi connectivity index (χ1v) is 5.20. The largest absolute Gasteiger partial charge is 0.396 e. The second-order valence-electron chi connectivity index (χ2n) is 2.91. The van der Waals surface area contributed by atoms with Gasteiger partial charge in [0.25, 0.3) is 0 Å². The third kappa shape index (κ3) is 3.99. The molecule has 0 aliphatic rings. The molecular formula is C9H11Cl4NO. The zero-order valence-electron chi connectivity index (χ0n) is 7.71. The minimum absolute atomic E-state index is 0. The average Bonchev–Trinajstić information content (AvgIpc) is 2.11. The van der Waals surface area contributed by atoms with Crippen LogP contribution in [-0.4, -0.2) is 11.7 Å². The van der Waals surface area contributed by atoms with Crippen LogP contribution in [0.4, 0.5) is 0 Å². The van der Waals surface area contributed by atoms with Crippen LogP contribution in [0, 0.1) is 0 Å². The Morgan fingerprint density at radius 3 is 2.40 bits per heavy atom. The van der Waals surface area contributed by atoms with Crippen molar-refractivity contribution in [2.75, 3.05) is 6.61 Å². The maximum atomic E-state index is 8.74. The van der Waals surface area contributed by atoms with Crippen molar-refractivity contribution in [2.24, 2.45) is 5.73 Å². The van der Waals surface area contributed by atoms with Crippen LogP contribution in [0.25, 0.3) is 0 Å². The van der Waals surface area contributed by atoms with E-state index in [9.17, 15) is 0 Å². The molecule has 0 aliphatic heterocycles. The average molecular weight is 291 g/mol.